The number of allylic oxidation sites excluding steroid dienone is 1. The number of nitrogens with one attached hydrogen (secondary N) is 2. The van der Waals surface area contributed by atoms with Crippen molar-refractivity contribution in [2.75, 3.05) is 6.54 Å². The van der Waals surface area contributed by atoms with Gasteiger partial charge in [0.2, 0.25) is 11.8 Å². The third kappa shape index (κ3) is 5.76. The zero-order valence-electron chi connectivity index (χ0n) is 13.2. The highest BCUT2D eigenvalue weighted by molar-refractivity contribution is 5.89. The SMILES string of the molecule is CC(NC(=O)C(C)(C)C)C(=O)NCCC1=CCCCC1. The molecule has 0 radical (unpaired) electrons. The molecule has 0 aromatic heterocycles. The van der Waals surface area contributed by atoms with Crippen molar-refractivity contribution in [2.45, 2.75) is 65.8 Å². The molecule has 0 saturated carbocycles. The van der Waals surface area contributed by atoms with Gasteiger partial charge in [0.25, 0.3) is 0 Å². The lowest BCUT2D eigenvalue weighted by Gasteiger charge is -2.21. The van der Waals surface area contributed by atoms with Crippen LogP contribution >= 0.6 is 0 Å². The Morgan fingerprint density at radius 2 is 2.00 bits per heavy atom. The fraction of sp³-hybridized carbons (Fsp3) is 0.750. The minimum atomic E-state index is -0.484. The minimum absolute atomic E-state index is 0.102. The number of carbonyl (C=O) groups is 2. The van der Waals surface area contributed by atoms with E-state index in [0.717, 1.165) is 12.8 Å². The monoisotopic (exact) mass is 280 g/mol. The molecule has 2 N–H and O–H groups in total. The fourth-order valence-corrected chi connectivity index (χ4v) is 2.11. The quantitative estimate of drug-likeness (QED) is 0.760. The third-order valence-electron chi connectivity index (χ3n) is 3.55. The molecule has 1 atom stereocenters. The summed E-state index contributed by atoms with van der Waals surface area (Å²) in [5.41, 5.74) is 0.976. The fourth-order valence-electron chi connectivity index (χ4n) is 2.11. The summed E-state index contributed by atoms with van der Waals surface area (Å²) in [6, 6.07) is -0.484. The van der Waals surface area contributed by atoms with E-state index in [9.17, 15) is 9.59 Å². The molecule has 20 heavy (non-hydrogen) atoms. The van der Waals surface area contributed by atoms with Crippen LogP contribution in [0.1, 0.15) is 59.8 Å². The first-order valence-electron chi connectivity index (χ1n) is 7.57. The molecule has 114 valence electrons. The van der Waals surface area contributed by atoms with Gasteiger partial charge in [-0.1, -0.05) is 32.4 Å². The Bertz CT molecular complexity index is 380. The van der Waals surface area contributed by atoms with E-state index in [1.54, 1.807) is 6.92 Å². The molecule has 4 nitrogen and oxygen atoms in total. The van der Waals surface area contributed by atoms with Crippen LogP contribution < -0.4 is 10.6 Å². The zero-order valence-corrected chi connectivity index (χ0v) is 13.2. The Kier molecular flexibility index (Phi) is 6.24. The number of amides is 2. The molecule has 0 aromatic carbocycles. The van der Waals surface area contributed by atoms with E-state index in [0.29, 0.717) is 6.54 Å². The van der Waals surface area contributed by atoms with Crippen LogP contribution in [0, 0.1) is 5.41 Å². The second-order valence-electron chi connectivity index (χ2n) is 6.59. The average Bonchev–Trinajstić information content (AvgIpc) is 2.38. The Labute approximate surface area is 122 Å². The first kappa shape index (κ1) is 16.7. The van der Waals surface area contributed by atoms with Gasteiger partial charge in [0.1, 0.15) is 6.04 Å². The summed E-state index contributed by atoms with van der Waals surface area (Å²) in [5.74, 6) is -0.214. The molecule has 0 bridgehead atoms. The summed E-state index contributed by atoms with van der Waals surface area (Å²) in [6.45, 7) is 7.88. The van der Waals surface area contributed by atoms with E-state index >= 15 is 0 Å². The van der Waals surface area contributed by atoms with Crippen molar-refractivity contribution >= 4 is 11.8 Å². The maximum atomic E-state index is 11.9. The lowest BCUT2D eigenvalue weighted by Crippen LogP contribution is -2.48. The minimum Gasteiger partial charge on any atom is -0.354 e. The van der Waals surface area contributed by atoms with Crippen molar-refractivity contribution in [1.82, 2.24) is 10.6 Å². The molecular weight excluding hydrogens is 252 g/mol. The van der Waals surface area contributed by atoms with Crippen molar-refractivity contribution in [3.8, 4) is 0 Å². The third-order valence-corrected chi connectivity index (χ3v) is 3.55. The van der Waals surface area contributed by atoms with E-state index in [1.165, 1.54) is 24.8 Å². The van der Waals surface area contributed by atoms with Crippen LogP contribution in [0.4, 0.5) is 0 Å². The zero-order chi connectivity index (χ0) is 15.2. The maximum absolute atomic E-state index is 11.9. The Morgan fingerprint density at radius 1 is 1.30 bits per heavy atom. The lowest BCUT2D eigenvalue weighted by atomic mass is 9.95. The molecule has 2 amide bonds. The highest BCUT2D eigenvalue weighted by Crippen LogP contribution is 2.19. The summed E-state index contributed by atoms with van der Waals surface area (Å²) in [4.78, 5) is 23.7. The average molecular weight is 280 g/mol. The summed E-state index contributed by atoms with van der Waals surface area (Å²) < 4.78 is 0. The highest BCUT2D eigenvalue weighted by Gasteiger charge is 2.24. The predicted molar refractivity (Wildman–Crippen MR) is 81.2 cm³/mol. The molecule has 0 spiro atoms. The molecular formula is C16H28N2O2. The number of hydrogen-bond acceptors (Lipinski definition) is 2. The Morgan fingerprint density at radius 3 is 2.55 bits per heavy atom. The van der Waals surface area contributed by atoms with Gasteiger partial charge in [0.15, 0.2) is 0 Å². The molecule has 1 aliphatic rings. The van der Waals surface area contributed by atoms with Gasteiger partial charge in [-0.3, -0.25) is 9.59 Å². The largest absolute Gasteiger partial charge is 0.354 e. The standard InChI is InChI=1S/C16H28N2O2/c1-12(18-15(20)16(2,3)4)14(19)17-11-10-13-8-6-5-7-9-13/h8,12H,5-7,9-11H2,1-4H3,(H,17,19)(H,18,20). The van der Waals surface area contributed by atoms with E-state index in [1.807, 2.05) is 20.8 Å². The van der Waals surface area contributed by atoms with Crippen LogP contribution in [0.25, 0.3) is 0 Å². The van der Waals surface area contributed by atoms with Crippen LogP contribution in [-0.4, -0.2) is 24.4 Å². The lowest BCUT2D eigenvalue weighted by molar-refractivity contribution is -0.133. The van der Waals surface area contributed by atoms with Crippen LogP contribution in [0.2, 0.25) is 0 Å². The topological polar surface area (TPSA) is 58.2 Å². The van der Waals surface area contributed by atoms with E-state index in [2.05, 4.69) is 16.7 Å². The van der Waals surface area contributed by atoms with Crippen molar-refractivity contribution in [1.29, 1.82) is 0 Å². The molecule has 0 fully saturated rings. The second-order valence-corrected chi connectivity index (χ2v) is 6.59. The van der Waals surface area contributed by atoms with Crippen LogP contribution in [0.15, 0.2) is 11.6 Å². The first-order chi connectivity index (χ1) is 9.30. The molecule has 0 saturated heterocycles. The normalized spacial score (nSPS) is 17.1. The molecule has 1 aliphatic carbocycles. The smallest absolute Gasteiger partial charge is 0.242 e. The van der Waals surface area contributed by atoms with Gasteiger partial charge in [0, 0.05) is 12.0 Å². The van der Waals surface area contributed by atoms with E-state index in [-0.39, 0.29) is 11.8 Å². The van der Waals surface area contributed by atoms with Gasteiger partial charge in [-0.15, -0.1) is 0 Å². The Balaban J connectivity index is 2.28. The van der Waals surface area contributed by atoms with Crippen molar-refractivity contribution in [3.63, 3.8) is 0 Å². The molecule has 0 aliphatic heterocycles. The molecule has 1 unspecified atom stereocenters. The van der Waals surface area contributed by atoms with Gasteiger partial charge < -0.3 is 10.6 Å². The predicted octanol–water partition coefficient (Wildman–Crippen LogP) is 2.54. The number of carbonyl (C=O) groups excluding carboxylic acids is 2. The van der Waals surface area contributed by atoms with Crippen LogP contribution in [0.3, 0.4) is 0 Å². The number of rotatable bonds is 5. The van der Waals surface area contributed by atoms with Crippen LogP contribution in [-0.2, 0) is 9.59 Å². The van der Waals surface area contributed by atoms with Gasteiger partial charge in [-0.25, -0.2) is 0 Å². The molecule has 0 heterocycles. The van der Waals surface area contributed by atoms with Gasteiger partial charge >= 0.3 is 0 Å². The highest BCUT2D eigenvalue weighted by atomic mass is 16.2. The maximum Gasteiger partial charge on any atom is 0.242 e. The van der Waals surface area contributed by atoms with Gasteiger partial charge in [-0.2, -0.15) is 0 Å². The summed E-state index contributed by atoms with van der Waals surface area (Å²) in [6.07, 6.45) is 8.09. The summed E-state index contributed by atoms with van der Waals surface area (Å²) in [7, 11) is 0. The molecule has 0 aromatic rings. The molecule has 1 rings (SSSR count). The van der Waals surface area contributed by atoms with Gasteiger partial charge in [0.05, 0.1) is 0 Å². The first-order valence-corrected chi connectivity index (χ1v) is 7.57. The summed E-state index contributed by atoms with van der Waals surface area (Å²) >= 11 is 0. The number of hydrogen-bond donors (Lipinski definition) is 2. The van der Waals surface area contributed by atoms with Crippen molar-refractivity contribution < 1.29 is 9.59 Å². The Hall–Kier alpha value is -1.32. The van der Waals surface area contributed by atoms with Crippen LogP contribution in [0.5, 0.6) is 0 Å². The van der Waals surface area contributed by atoms with Crippen molar-refractivity contribution in [3.05, 3.63) is 11.6 Å². The van der Waals surface area contributed by atoms with Crippen molar-refractivity contribution in [2.24, 2.45) is 5.41 Å². The molecule has 4 heteroatoms. The second kappa shape index (κ2) is 7.46. The van der Waals surface area contributed by atoms with Gasteiger partial charge in [-0.05, 0) is 39.0 Å². The van der Waals surface area contributed by atoms with E-state index in [4.69, 9.17) is 0 Å². The summed E-state index contributed by atoms with van der Waals surface area (Å²) in [5, 5.41) is 5.63. The van der Waals surface area contributed by atoms with E-state index < -0.39 is 11.5 Å².